The van der Waals surface area contributed by atoms with Crippen molar-refractivity contribution in [2.24, 2.45) is 0 Å². The molecule has 0 aliphatic rings. The van der Waals surface area contributed by atoms with Gasteiger partial charge in [-0.1, -0.05) is 35.4 Å². The lowest BCUT2D eigenvalue weighted by Crippen LogP contribution is -2.19. The highest BCUT2D eigenvalue weighted by atomic mass is 35.5. The van der Waals surface area contributed by atoms with Crippen molar-refractivity contribution in [2.45, 2.75) is 27.0 Å². The Kier molecular flexibility index (Phi) is 5.93. The van der Waals surface area contributed by atoms with E-state index in [1.807, 2.05) is 44.2 Å². The van der Waals surface area contributed by atoms with Crippen molar-refractivity contribution < 1.29 is 13.9 Å². The van der Waals surface area contributed by atoms with E-state index in [0.717, 1.165) is 11.1 Å². The maximum atomic E-state index is 12.2. The minimum atomic E-state index is -0.287. The number of anilines is 1. The van der Waals surface area contributed by atoms with E-state index in [-0.39, 0.29) is 23.9 Å². The quantitative estimate of drug-likeness (QED) is 0.604. The van der Waals surface area contributed by atoms with Gasteiger partial charge in [-0.05, 0) is 55.9 Å². The van der Waals surface area contributed by atoms with Gasteiger partial charge in [-0.3, -0.25) is 4.79 Å². The van der Waals surface area contributed by atoms with Crippen LogP contribution in [0.4, 0.5) is 5.69 Å². The van der Waals surface area contributed by atoms with Crippen LogP contribution >= 0.6 is 23.8 Å². The van der Waals surface area contributed by atoms with E-state index in [0.29, 0.717) is 22.4 Å². The molecule has 0 radical (unpaired) electrons. The molecule has 0 fully saturated rings. The maximum Gasteiger partial charge on any atom is 0.287 e. The van der Waals surface area contributed by atoms with E-state index in [1.54, 1.807) is 12.1 Å². The number of halogens is 1. The molecule has 3 rings (SSSR count). The first-order chi connectivity index (χ1) is 12.9. The van der Waals surface area contributed by atoms with E-state index in [2.05, 4.69) is 10.4 Å². The summed E-state index contributed by atoms with van der Waals surface area (Å²) >= 11 is 11.2. The van der Waals surface area contributed by atoms with Crippen LogP contribution in [0.1, 0.15) is 17.0 Å². The van der Waals surface area contributed by atoms with Gasteiger partial charge < -0.3 is 14.5 Å². The van der Waals surface area contributed by atoms with Crippen LogP contribution in [-0.4, -0.2) is 15.7 Å². The number of carbonyl (C=O) groups excluding carboxylic acids is 1. The highest BCUT2D eigenvalue weighted by Gasteiger charge is 2.11. The third-order valence-corrected chi connectivity index (χ3v) is 4.48. The molecule has 0 bridgehead atoms. The summed E-state index contributed by atoms with van der Waals surface area (Å²) in [6, 6.07) is 12.9. The molecular formula is C19H18ClN3O3S. The molecule has 0 saturated heterocycles. The number of carbonyl (C=O) groups is 1. The molecule has 6 nitrogen and oxygen atoms in total. The summed E-state index contributed by atoms with van der Waals surface area (Å²) in [5.41, 5.74) is 2.69. The molecule has 1 heterocycles. The average molecular weight is 404 g/mol. The van der Waals surface area contributed by atoms with Crippen LogP contribution in [0.5, 0.6) is 5.75 Å². The van der Waals surface area contributed by atoms with Crippen LogP contribution in [0.3, 0.4) is 0 Å². The van der Waals surface area contributed by atoms with Gasteiger partial charge in [0.15, 0.2) is 6.61 Å². The smallest absolute Gasteiger partial charge is 0.287 e. The van der Waals surface area contributed by atoms with Crippen LogP contribution in [0.25, 0.3) is 0 Å². The second kappa shape index (κ2) is 8.37. The van der Waals surface area contributed by atoms with Gasteiger partial charge in [0, 0.05) is 10.7 Å². The Balaban J connectivity index is 1.60. The Morgan fingerprint density at radius 1 is 1.26 bits per heavy atom. The van der Waals surface area contributed by atoms with Crippen molar-refractivity contribution in [3.05, 3.63) is 69.3 Å². The number of benzene rings is 2. The van der Waals surface area contributed by atoms with E-state index in [1.165, 1.54) is 4.68 Å². The second-order valence-corrected chi connectivity index (χ2v) is 6.79. The highest BCUT2D eigenvalue weighted by molar-refractivity contribution is 7.71. The first kappa shape index (κ1) is 19.1. The number of rotatable bonds is 6. The fourth-order valence-electron chi connectivity index (χ4n) is 2.29. The molecule has 2 aromatic carbocycles. The molecule has 0 saturated carbocycles. The Hall–Kier alpha value is -2.64. The third-order valence-electron chi connectivity index (χ3n) is 3.78. The summed E-state index contributed by atoms with van der Waals surface area (Å²) in [5, 5.41) is 7.53. The molecule has 1 N–H and O–H groups in total. The van der Waals surface area contributed by atoms with Crippen LogP contribution in [0, 0.1) is 18.7 Å². The molecule has 140 valence electrons. The van der Waals surface area contributed by atoms with Crippen molar-refractivity contribution in [1.29, 1.82) is 0 Å². The fourth-order valence-corrected chi connectivity index (χ4v) is 2.68. The monoisotopic (exact) mass is 403 g/mol. The number of aromatic nitrogens is 2. The zero-order valence-electron chi connectivity index (χ0n) is 14.9. The van der Waals surface area contributed by atoms with Gasteiger partial charge in [-0.15, -0.1) is 5.10 Å². The predicted molar refractivity (Wildman–Crippen MR) is 106 cm³/mol. The first-order valence-electron chi connectivity index (χ1n) is 8.23. The summed E-state index contributed by atoms with van der Waals surface area (Å²) in [6.07, 6.45) is 0. The van der Waals surface area contributed by atoms with E-state index >= 15 is 0 Å². The summed E-state index contributed by atoms with van der Waals surface area (Å²) < 4.78 is 12.3. The predicted octanol–water partition coefficient (Wildman–Crippen LogP) is 4.69. The van der Waals surface area contributed by atoms with Crippen molar-refractivity contribution in [3.8, 4) is 5.75 Å². The van der Waals surface area contributed by atoms with Crippen molar-refractivity contribution >= 4 is 35.4 Å². The topological polar surface area (TPSA) is 69.3 Å². The number of ether oxygens (including phenoxy) is 1. The number of amides is 1. The van der Waals surface area contributed by atoms with Crippen LogP contribution in [0.2, 0.25) is 5.02 Å². The molecule has 0 aliphatic carbocycles. The summed E-state index contributed by atoms with van der Waals surface area (Å²) in [4.78, 5) is 12.3. The fraction of sp³-hybridized carbons (Fsp3) is 0.211. The largest absolute Gasteiger partial charge is 0.484 e. The van der Waals surface area contributed by atoms with Crippen molar-refractivity contribution in [3.63, 3.8) is 0 Å². The lowest BCUT2D eigenvalue weighted by Gasteiger charge is -2.06. The number of hydrogen-bond acceptors (Lipinski definition) is 5. The number of aryl methyl sites for hydroxylation is 2. The number of nitrogens with zero attached hydrogens (tertiary/aromatic N) is 2. The van der Waals surface area contributed by atoms with Crippen LogP contribution in [0.15, 0.2) is 46.9 Å². The Bertz CT molecular complexity index is 1010. The summed E-state index contributed by atoms with van der Waals surface area (Å²) in [5.74, 6) is 0.710. The van der Waals surface area contributed by atoms with Crippen LogP contribution in [-0.2, 0) is 17.9 Å². The van der Waals surface area contributed by atoms with Gasteiger partial charge in [-0.2, -0.15) is 0 Å². The molecular weight excluding hydrogens is 386 g/mol. The van der Waals surface area contributed by atoms with Gasteiger partial charge in [-0.25, -0.2) is 4.68 Å². The molecule has 0 spiro atoms. The Labute approximate surface area is 166 Å². The Morgan fingerprint density at radius 3 is 2.70 bits per heavy atom. The molecule has 0 atom stereocenters. The maximum absolute atomic E-state index is 12.2. The molecule has 0 unspecified atom stereocenters. The SMILES string of the molecule is Cc1ccc(OCc2nn(CC(=O)Nc3ccc(C)c(Cl)c3)c(=S)o2)cc1. The zero-order valence-corrected chi connectivity index (χ0v) is 16.4. The molecule has 1 amide bonds. The third kappa shape index (κ3) is 5.18. The van der Waals surface area contributed by atoms with Gasteiger partial charge in [0.05, 0.1) is 0 Å². The lowest BCUT2D eigenvalue weighted by molar-refractivity contribution is -0.117. The zero-order chi connectivity index (χ0) is 19.4. The minimum Gasteiger partial charge on any atom is -0.484 e. The average Bonchev–Trinajstić information content (AvgIpc) is 2.97. The molecule has 1 aromatic heterocycles. The van der Waals surface area contributed by atoms with Gasteiger partial charge >= 0.3 is 0 Å². The molecule has 3 aromatic rings. The summed E-state index contributed by atoms with van der Waals surface area (Å²) in [7, 11) is 0. The number of hydrogen-bond donors (Lipinski definition) is 1. The van der Waals surface area contributed by atoms with E-state index in [4.69, 9.17) is 33.0 Å². The van der Waals surface area contributed by atoms with E-state index in [9.17, 15) is 4.79 Å². The van der Waals surface area contributed by atoms with E-state index < -0.39 is 0 Å². The van der Waals surface area contributed by atoms with Crippen molar-refractivity contribution in [2.75, 3.05) is 5.32 Å². The van der Waals surface area contributed by atoms with Gasteiger partial charge in [0.25, 0.3) is 10.7 Å². The lowest BCUT2D eigenvalue weighted by atomic mass is 10.2. The second-order valence-electron chi connectivity index (χ2n) is 6.03. The van der Waals surface area contributed by atoms with Gasteiger partial charge in [0.2, 0.25) is 5.91 Å². The van der Waals surface area contributed by atoms with Crippen LogP contribution < -0.4 is 10.1 Å². The molecule has 27 heavy (non-hydrogen) atoms. The van der Waals surface area contributed by atoms with Crippen molar-refractivity contribution in [1.82, 2.24) is 9.78 Å². The number of nitrogens with one attached hydrogen (secondary N) is 1. The highest BCUT2D eigenvalue weighted by Crippen LogP contribution is 2.20. The standard InChI is InChI=1S/C19H18ClN3O3S/c1-12-3-7-15(8-4-12)25-11-18-22-23(19(27)26-18)10-17(24)21-14-6-5-13(2)16(20)9-14/h3-9H,10-11H2,1-2H3,(H,21,24). The van der Waals surface area contributed by atoms with Gasteiger partial charge in [0.1, 0.15) is 12.3 Å². The molecule has 0 aliphatic heterocycles. The summed E-state index contributed by atoms with van der Waals surface area (Å²) in [6.45, 7) is 3.94. The normalized spacial score (nSPS) is 10.6. The Morgan fingerprint density at radius 2 is 2.00 bits per heavy atom. The molecule has 8 heteroatoms. The minimum absolute atomic E-state index is 0.0711. The first-order valence-corrected chi connectivity index (χ1v) is 9.01.